The topological polar surface area (TPSA) is 72.8 Å². The lowest BCUT2D eigenvalue weighted by atomic mass is 10.1. The van der Waals surface area contributed by atoms with Gasteiger partial charge in [0.1, 0.15) is 5.75 Å². The third-order valence-electron chi connectivity index (χ3n) is 7.56. The second kappa shape index (κ2) is 10.00. The number of nitrogens with one attached hydrogen (secondary N) is 1. The van der Waals surface area contributed by atoms with E-state index in [-0.39, 0.29) is 10.8 Å². The van der Waals surface area contributed by atoms with Crippen molar-refractivity contribution in [1.82, 2.24) is 4.98 Å². The Morgan fingerprint density at radius 2 is 1.84 bits per heavy atom. The number of rotatable bonds is 7. The number of ether oxygens (including phenoxy) is 1. The number of benzene rings is 2. The SMILES string of the molecule is COc1ccc(C(=O)c2sc3cnccc3c2Nc2ccc3c(c2)CCC3=NO[Si](C)(C)C(C)(C)C)cc1. The van der Waals surface area contributed by atoms with Gasteiger partial charge in [0.2, 0.25) is 5.78 Å². The zero-order valence-electron chi connectivity index (χ0n) is 22.7. The number of nitrogens with zero attached hydrogens (tertiary/aromatic N) is 2. The first kappa shape index (κ1) is 26.1. The van der Waals surface area contributed by atoms with Gasteiger partial charge in [0.15, 0.2) is 0 Å². The van der Waals surface area contributed by atoms with Gasteiger partial charge in [0.05, 0.1) is 28.1 Å². The molecule has 2 aromatic carbocycles. The van der Waals surface area contributed by atoms with Crippen molar-refractivity contribution in [1.29, 1.82) is 0 Å². The lowest BCUT2D eigenvalue weighted by Gasteiger charge is -2.33. The summed E-state index contributed by atoms with van der Waals surface area (Å²) in [7, 11) is -0.352. The van der Waals surface area contributed by atoms with Gasteiger partial charge < -0.3 is 14.6 Å². The molecule has 1 aliphatic carbocycles. The van der Waals surface area contributed by atoms with Crippen LogP contribution in [-0.2, 0) is 10.9 Å². The van der Waals surface area contributed by atoms with Crippen molar-refractivity contribution in [3.8, 4) is 5.75 Å². The first-order valence-electron chi connectivity index (χ1n) is 12.8. The van der Waals surface area contributed by atoms with Gasteiger partial charge in [-0.3, -0.25) is 9.78 Å². The highest BCUT2D eigenvalue weighted by molar-refractivity contribution is 7.21. The summed E-state index contributed by atoms with van der Waals surface area (Å²) in [6.07, 6.45) is 5.34. The Labute approximate surface area is 228 Å². The Balaban J connectivity index is 1.45. The van der Waals surface area contributed by atoms with E-state index in [0.717, 1.165) is 51.3 Å². The van der Waals surface area contributed by atoms with Crippen LogP contribution >= 0.6 is 11.3 Å². The summed E-state index contributed by atoms with van der Waals surface area (Å²) in [5.74, 6) is 0.686. The maximum absolute atomic E-state index is 13.6. The zero-order valence-corrected chi connectivity index (χ0v) is 24.5. The number of anilines is 2. The van der Waals surface area contributed by atoms with Gasteiger partial charge in [0, 0.05) is 34.6 Å². The number of methoxy groups -OCH3 is 1. The van der Waals surface area contributed by atoms with E-state index in [2.05, 4.69) is 67.5 Å². The van der Waals surface area contributed by atoms with Crippen LogP contribution in [0.25, 0.3) is 10.1 Å². The van der Waals surface area contributed by atoms with Crippen LogP contribution in [0.1, 0.15) is 53.6 Å². The molecule has 38 heavy (non-hydrogen) atoms. The monoisotopic (exact) mass is 543 g/mol. The summed E-state index contributed by atoms with van der Waals surface area (Å²) in [4.78, 5) is 18.5. The molecule has 0 spiro atoms. The molecule has 6 nitrogen and oxygen atoms in total. The number of oxime groups is 1. The van der Waals surface area contributed by atoms with Gasteiger partial charge in [-0.1, -0.05) is 26.8 Å². The quantitative estimate of drug-likeness (QED) is 0.145. The highest BCUT2D eigenvalue weighted by Crippen LogP contribution is 2.40. The van der Waals surface area contributed by atoms with Gasteiger partial charge in [-0.25, -0.2) is 0 Å². The van der Waals surface area contributed by atoms with Gasteiger partial charge in [-0.2, -0.15) is 0 Å². The van der Waals surface area contributed by atoms with Crippen LogP contribution in [0.3, 0.4) is 0 Å². The van der Waals surface area contributed by atoms with E-state index in [1.165, 1.54) is 16.9 Å². The Bertz CT molecular complexity index is 1530. The van der Waals surface area contributed by atoms with Gasteiger partial charge >= 0.3 is 0 Å². The lowest BCUT2D eigenvalue weighted by molar-refractivity contribution is 0.104. The van der Waals surface area contributed by atoms with Crippen LogP contribution in [0.5, 0.6) is 5.75 Å². The maximum atomic E-state index is 13.6. The number of hydrogen-bond donors (Lipinski definition) is 1. The number of aromatic nitrogens is 1. The van der Waals surface area contributed by atoms with Crippen LogP contribution in [0.4, 0.5) is 11.4 Å². The molecule has 0 fully saturated rings. The minimum absolute atomic E-state index is 0.0327. The average Bonchev–Trinajstić information content (AvgIpc) is 3.47. The second-order valence-corrected chi connectivity index (χ2v) is 16.9. The molecular weight excluding hydrogens is 511 g/mol. The molecule has 5 rings (SSSR count). The second-order valence-electron chi connectivity index (χ2n) is 11.1. The molecule has 0 bridgehead atoms. The molecule has 1 aliphatic rings. The molecular formula is C30H33N3O3SSi. The fourth-order valence-corrected chi connectivity index (χ4v) is 5.90. The van der Waals surface area contributed by atoms with Crippen LogP contribution in [0, 0.1) is 0 Å². The fourth-order valence-electron chi connectivity index (χ4n) is 4.20. The third kappa shape index (κ3) is 4.98. The van der Waals surface area contributed by atoms with Crippen molar-refractivity contribution >= 4 is 52.6 Å². The number of pyridine rings is 1. The van der Waals surface area contributed by atoms with Crippen molar-refractivity contribution in [3.63, 3.8) is 0 Å². The third-order valence-corrected chi connectivity index (χ3v) is 12.9. The molecule has 0 atom stereocenters. The summed E-state index contributed by atoms with van der Waals surface area (Å²) in [5, 5.41) is 9.28. The van der Waals surface area contributed by atoms with Gasteiger partial charge in [0.25, 0.3) is 8.32 Å². The molecule has 1 N–H and O–H groups in total. The zero-order chi connectivity index (χ0) is 27.1. The van der Waals surface area contributed by atoms with Gasteiger partial charge in [-0.15, -0.1) is 16.5 Å². The Kier molecular flexibility index (Phi) is 6.87. The molecule has 2 aromatic heterocycles. The largest absolute Gasteiger partial charge is 0.497 e. The predicted octanol–water partition coefficient (Wildman–Crippen LogP) is 7.95. The Hall–Kier alpha value is -3.49. The maximum Gasteiger partial charge on any atom is 0.286 e. The minimum Gasteiger partial charge on any atom is -0.497 e. The molecule has 2 heterocycles. The number of hydrogen-bond acceptors (Lipinski definition) is 7. The molecule has 0 saturated carbocycles. The van der Waals surface area contributed by atoms with Gasteiger partial charge in [-0.05, 0) is 79.0 Å². The average molecular weight is 544 g/mol. The van der Waals surface area contributed by atoms with Crippen molar-refractivity contribution in [2.75, 3.05) is 12.4 Å². The van der Waals surface area contributed by atoms with Crippen molar-refractivity contribution < 1.29 is 14.1 Å². The van der Waals surface area contributed by atoms with E-state index in [1.807, 2.05) is 24.4 Å². The van der Waals surface area contributed by atoms with Crippen molar-refractivity contribution in [3.05, 3.63) is 82.5 Å². The van der Waals surface area contributed by atoms with Crippen LogP contribution in [0.2, 0.25) is 18.1 Å². The molecule has 0 radical (unpaired) electrons. The van der Waals surface area contributed by atoms with E-state index < -0.39 is 8.32 Å². The Morgan fingerprint density at radius 1 is 1.08 bits per heavy atom. The van der Waals surface area contributed by atoms with Crippen LogP contribution in [-0.4, -0.2) is 31.9 Å². The summed E-state index contributed by atoms with van der Waals surface area (Å²) in [5.41, 5.74) is 5.75. The number of carbonyl (C=O) groups excluding carboxylic acids is 1. The smallest absolute Gasteiger partial charge is 0.286 e. The van der Waals surface area contributed by atoms with E-state index in [1.54, 1.807) is 25.4 Å². The predicted molar refractivity (Wildman–Crippen MR) is 159 cm³/mol. The summed E-state index contributed by atoms with van der Waals surface area (Å²) >= 11 is 1.46. The van der Waals surface area contributed by atoms with E-state index in [9.17, 15) is 4.79 Å². The Morgan fingerprint density at radius 3 is 2.55 bits per heavy atom. The normalized spacial score (nSPS) is 14.5. The first-order valence-corrected chi connectivity index (χ1v) is 16.5. The van der Waals surface area contributed by atoms with E-state index in [0.29, 0.717) is 10.4 Å². The molecule has 4 aromatic rings. The summed E-state index contributed by atoms with van der Waals surface area (Å²) < 4.78 is 12.4. The number of carbonyl (C=O) groups is 1. The molecule has 196 valence electrons. The number of aryl methyl sites for hydroxylation is 1. The van der Waals surface area contributed by atoms with Crippen molar-refractivity contribution in [2.45, 2.75) is 51.7 Å². The lowest BCUT2D eigenvalue weighted by Crippen LogP contribution is -2.39. The number of ketones is 1. The number of fused-ring (bicyclic) bond motifs is 2. The van der Waals surface area contributed by atoms with E-state index >= 15 is 0 Å². The number of thiophene rings is 1. The highest BCUT2D eigenvalue weighted by atomic mass is 32.1. The molecule has 0 saturated heterocycles. The van der Waals surface area contributed by atoms with Crippen LogP contribution in [0.15, 0.2) is 66.1 Å². The first-order chi connectivity index (χ1) is 18.1. The van der Waals surface area contributed by atoms with Crippen LogP contribution < -0.4 is 10.1 Å². The fraction of sp³-hybridized carbons (Fsp3) is 0.300. The standard InChI is InChI=1S/C30H33N3O3SSi/c1-30(2,3)38(5,6)36-33-25-14-9-20-17-21(10-13-23(20)25)32-27-24-15-16-31-18-26(24)37-29(27)28(34)19-7-11-22(35-4)12-8-19/h7-8,10-13,15-18,32H,9,14H2,1-6H3. The molecule has 0 unspecified atom stereocenters. The minimum atomic E-state index is -1.97. The van der Waals surface area contributed by atoms with Crippen molar-refractivity contribution in [2.24, 2.45) is 5.16 Å². The summed E-state index contributed by atoms with van der Waals surface area (Å²) in [6.45, 7) is 11.1. The summed E-state index contributed by atoms with van der Waals surface area (Å²) in [6, 6.07) is 15.5. The van der Waals surface area contributed by atoms with E-state index in [4.69, 9.17) is 9.26 Å². The molecule has 0 aliphatic heterocycles. The molecule has 0 amide bonds. The highest BCUT2D eigenvalue weighted by Gasteiger charge is 2.40. The molecule has 8 heteroatoms.